The largest absolute Gasteiger partial charge is 0.501 e. The average Bonchev–Trinajstić information content (AvgIpc) is 3.76. The van der Waals surface area contributed by atoms with Crippen molar-refractivity contribution in [2.75, 3.05) is 0 Å². The van der Waals surface area contributed by atoms with E-state index in [1.165, 1.54) is 0 Å². The maximum absolute atomic E-state index is 6.56. The molecule has 0 N–H and O–H groups in total. The summed E-state index contributed by atoms with van der Waals surface area (Å²) in [6.07, 6.45) is 1.79. The molecule has 4 heterocycles. The minimum Gasteiger partial charge on any atom is -0.501 e. The van der Waals surface area contributed by atoms with Gasteiger partial charge in [-0.3, -0.25) is 4.98 Å². The molecule has 0 unspecified atom stereocenters. The summed E-state index contributed by atoms with van der Waals surface area (Å²) in [4.78, 5) is 14.2. The fraction of sp³-hybridized carbons (Fsp3) is 0. The average molecular weight is 833 g/mol. The second-order valence-corrected chi connectivity index (χ2v) is 11.9. The molecule has 51 heavy (non-hydrogen) atoms. The Bertz CT molecular complexity index is 2710. The molecule has 10 rings (SSSR count). The zero-order valence-electron chi connectivity index (χ0n) is 27.2. The van der Waals surface area contributed by atoms with Crippen molar-refractivity contribution >= 4 is 44.0 Å². The predicted molar refractivity (Wildman–Crippen MR) is 202 cm³/mol. The minimum atomic E-state index is 0. The zero-order chi connectivity index (χ0) is 33.3. The molecule has 0 saturated carbocycles. The van der Waals surface area contributed by atoms with E-state index >= 15 is 0 Å². The van der Waals surface area contributed by atoms with Gasteiger partial charge in [-0.15, -0.1) is 54.1 Å². The Kier molecular flexibility index (Phi) is 8.77. The van der Waals surface area contributed by atoms with Gasteiger partial charge in [-0.1, -0.05) is 102 Å². The molecule has 1 radical (unpaired) electrons. The van der Waals surface area contributed by atoms with Crippen LogP contribution in [0.3, 0.4) is 0 Å². The normalized spacial score (nSPS) is 11.0. The van der Waals surface area contributed by atoms with E-state index in [0.29, 0.717) is 5.65 Å². The van der Waals surface area contributed by atoms with E-state index in [1.807, 2.05) is 91.0 Å². The van der Waals surface area contributed by atoms with Crippen LogP contribution in [-0.4, -0.2) is 19.5 Å². The van der Waals surface area contributed by atoms with E-state index in [4.69, 9.17) is 14.4 Å². The summed E-state index contributed by atoms with van der Waals surface area (Å²) >= 11 is 0. The van der Waals surface area contributed by atoms with E-state index in [-0.39, 0.29) is 20.1 Å². The molecule has 0 saturated heterocycles. The monoisotopic (exact) mass is 833 g/mol. The van der Waals surface area contributed by atoms with E-state index in [0.717, 1.165) is 77.8 Å². The molecule has 4 aromatic heterocycles. The number of aromatic nitrogens is 4. The van der Waals surface area contributed by atoms with E-state index in [2.05, 4.69) is 94.5 Å². The van der Waals surface area contributed by atoms with E-state index in [9.17, 15) is 0 Å². The fourth-order valence-electron chi connectivity index (χ4n) is 6.40. The zero-order valence-corrected chi connectivity index (χ0v) is 29.6. The number of nitrogens with zero attached hydrogens (tertiary/aromatic N) is 4. The van der Waals surface area contributed by atoms with Gasteiger partial charge in [0.1, 0.15) is 5.58 Å². The molecule has 0 aliphatic heterocycles. The molecule has 6 aromatic carbocycles. The van der Waals surface area contributed by atoms with Crippen LogP contribution in [-0.2, 0) is 20.1 Å². The van der Waals surface area contributed by atoms with Crippen molar-refractivity contribution < 1.29 is 24.5 Å². The number of para-hydroxylation sites is 2. The number of hydrogen-bond donors (Lipinski definition) is 0. The number of hydrogen-bond acceptors (Lipinski definition) is 4. The maximum Gasteiger partial charge on any atom is 0.168 e. The SMILES string of the molecule is [Ir].[c-]1ccc2c(oc3cc(-c4ccccc4)ccc32)c1-c1nc2nc3ccccc3cc2n1-c1ccccc1.[c-]1ccccc1-c1ccccn1. The van der Waals surface area contributed by atoms with Gasteiger partial charge < -0.3 is 14.0 Å². The summed E-state index contributed by atoms with van der Waals surface area (Å²) < 4.78 is 8.71. The molecule has 0 aliphatic rings. The topological polar surface area (TPSA) is 56.7 Å². The second-order valence-electron chi connectivity index (χ2n) is 11.9. The quantitative estimate of drug-likeness (QED) is 0.166. The van der Waals surface area contributed by atoms with Gasteiger partial charge in [-0.2, -0.15) is 0 Å². The molecule has 0 fully saturated rings. The number of imidazole rings is 1. The molecular weight excluding hydrogens is 805 g/mol. The van der Waals surface area contributed by atoms with Gasteiger partial charge >= 0.3 is 0 Å². The van der Waals surface area contributed by atoms with Crippen LogP contribution in [0.5, 0.6) is 0 Å². The van der Waals surface area contributed by atoms with E-state index < -0.39 is 0 Å². The third-order valence-corrected chi connectivity index (χ3v) is 8.78. The Balaban J connectivity index is 0.000000245. The van der Waals surface area contributed by atoms with Crippen LogP contribution in [0.1, 0.15) is 0 Å². The third kappa shape index (κ3) is 6.12. The molecule has 0 spiro atoms. The molecule has 6 heteroatoms. The van der Waals surface area contributed by atoms with Gasteiger partial charge in [0.05, 0.1) is 22.4 Å². The van der Waals surface area contributed by atoms with Crippen LogP contribution in [0.2, 0.25) is 0 Å². The van der Waals surface area contributed by atoms with E-state index in [1.54, 1.807) is 6.20 Å². The van der Waals surface area contributed by atoms with Crippen LogP contribution in [0.15, 0.2) is 174 Å². The first-order valence-electron chi connectivity index (χ1n) is 16.4. The fourth-order valence-corrected chi connectivity index (χ4v) is 6.40. The molecule has 10 aromatic rings. The van der Waals surface area contributed by atoms with Crippen LogP contribution >= 0.6 is 0 Å². The predicted octanol–water partition coefficient (Wildman–Crippen LogP) is 11.2. The Morgan fingerprint density at radius 3 is 2.18 bits per heavy atom. The van der Waals surface area contributed by atoms with Gasteiger partial charge in [0.25, 0.3) is 0 Å². The van der Waals surface area contributed by atoms with Gasteiger partial charge in [0, 0.05) is 42.8 Å². The molecule has 0 amide bonds. The van der Waals surface area contributed by atoms with Crippen LogP contribution in [0.4, 0.5) is 0 Å². The Morgan fingerprint density at radius 2 is 1.37 bits per heavy atom. The third-order valence-electron chi connectivity index (χ3n) is 8.78. The Labute approximate surface area is 308 Å². The first kappa shape index (κ1) is 32.0. The molecule has 0 aliphatic carbocycles. The summed E-state index contributed by atoms with van der Waals surface area (Å²) in [5, 5.41) is 3.18. The van der Waals surface area contributed by atoms with Crippen molar-refractivity contribution in [2.45, 2.75) is 0 Å². The molecule has 245 valence electrons. The molecule has 0 bridgehead atoms. The number of pyridine rings is 2. The summed E-state index contributed by atoms with van der Waals surface area (Å²) in [6, 6.07) is 61.6. The second kappa shape index (κ2) is 14.0. The smallest absolute Gasteiger partial charge is 0.168 e. The summed E-state index contributed by atoms with van der Waals surface area (Å²) in [7, 11) is 0. The van der Waals surface area contributed by atoms with Crippen molar-refractivity contribution in [1.29, 1.82) is 0 Å². The standard InChI is InChI=1S/C34H20N3O.C11H8N.Ir/c1-3-10-22(11-4-1)23-18-19-26-27-15-9-16-28(32(27)38-31(26)21-23)34-36-33-30(37(34)25-13-5-2-6-14-25)20-24-12-7-8-17-29(24)35-33;1-2-6-10(7-3-1)11-8-4-5-9-12-11;/h1-15,17-21H;1-6,8-9H;/q2*-1;. The minimum absolute atomic E-state index is 0. The van der Waals surface area contributed by atoms with Crippen LogP contribution < -0.4 is 0 Å². The Morgan fingerprint density at radius 1 is 0.588 bits per heavy atom. The first-order chi connectivity index (χ1) is 24.8. The van der Waals surface area contributed by atoms with Crippen LogP contribution in [0, 0.1) is 12.1 Å². The van der Waals surface area contributed by atoms with Crippen molar-refractivity contribution in [2.24, 2.45) is 0 Å². The van der Waals surface area contributed by atoms with Gasteiger partial charge in [0.15, 0.2) is 5.65 Å². The van der Waals surface area contributed by atoms with Crippen LogP contribution in [0.25, 0.3) is 83.5 Å². The number of furan rings is 1. The van der Waals surface area contributed by atoms with Gasteiger partial charge in [-0.25, -0.2) is 4.98 Å². The van der Waals surface area contributed by atoms with Gasteiger partial charge in [-0.05, 0) is 53.2 Å². The Hall–Kier alpha value is -6.20. The maximum atomic E-state index is 6.56. The van der Waals surface area contributed by atoms with Crippen molar-refractivity contribution in [3.05, 3.63) is 182 Å². The number of fused-ring (bicyclic) bond motifs is 5. The summed E-state index contributed by atoms with van der Waals surface area (Å²) in [6.45, 7) is 0. The number of benzene rings is 6. The number of rotatable bonds is 4. The van der Waals surface area contributed by atoms with Crippen molar-refractivity contribution in [3.8, 4) is 39.5 Å². The molecule has 5 nitrogen and oxygen atoms in total. The van der Waals surface area contributed by atoms with Crippen molar-refractivity contribution in [3.63, 3.8) is 0 Å². The summed E-state index contributed by atoms with van der Waals surface area (Å²) in [5.74, 6) is 0.752. The molecule has 0 atom stereocenters. The van der Waals surface area contributed by atoms with Gasteiger partial charge in [0.2, 0.25) is 0 Å². The summed E-state index contributed by atoms with van der Waals surface area (Å²) in [5.41, 5.74) is 10.3. The van der Waals surface area contributed by atoms with Crippen molar-refractivity contribution in [1.82, 2.24) is 19.5 Å². The first-order valence-corrected chi connectivity index (χ1v) is 16.4. The molecular formula is C45H28IrN4O-2.